The second-order valence-electron chi connectivity index (χ2n) is 3.58. The van der Waals surface area contributed by atoms with Gasteiger partial charge in [-0.2, -0.15) is 0 Å². The number of nitrogens with one attached hydrogen (secondary N) is 1. The van der Waals surface area contributed by atoms with E-state index in [1.54, 1.807) is 12.1 Å². The van der Waals surface area contributed by atoms with E-state index in [2.05, 4.69) is 5.32 Å². The van der Waals surface area contributed by atoms with Gasteiger partial charge >= 0.3 is 0 Å². The summed E-state index contributed by atoms with van der Waals surface area (Å²) in [5, 5.41) is 2.69. The molecule has 2 amide bonds. The molecule has 0 aliphatic carbocycles. The molecule has 0 unspecified atom stereocenters. The quantitative estimate of drug-likeness (QED) is 0.813. The summed E-state index contributed by atoms with van der Waals surface area (Å²) in [4.78, 5) is 22.5. The van der Waals surface area contributed by atoms with Gasteiger partial charge in [0.2, 0.25) is 11.8 Å². The summed E-state index contributed by atoms with van der Waals surface area (Å²) in [6, 6.07) is 4.66. The Morgan fingerprint density at radius 3 is 2.65 bits per heavy atom. The zero-order valence-corrected chi connectivity index (χ0v) is 9.95. The van der Waals surface area contributed by atoms with Crippen molar-refractivity contribution in [2.75, 3.05) is 12.4 Å². The van der Waals surface area contributed by atoms with Crippen LogP contribution < -0.4 is 15.8 Å². The number of hydrogen-bond acceptors (Lipinski definition) is 3. The molecule has 0 aliphatic rings. The first kappa shape index (κ1) is 13.0. The van der Waals surface area contributed by atoms with Gasteiger partial charge in [-0.15, -0.1) is 0 Å². The monoisotopic (exact) mass is 236 g/mol. The van der Waals surface area contributed by atoms with E-state index in [1.165, 1.54) is 13.2 Å². The van der Waals surface area contributed by atoms with E-state index in [0.717, 1.165) is 6.42 Å². The Bertz CT molecular complexity index is 430. The number of nitrogens with two attached hydrogens (primary N) is 1. The predicted molar refractivity (Wildman–Crippen MR) is 65.0 cm³/mol. The summed E-state index contributed by atoms with van der Waals surface area (Å²) in [6.45, 7) is 1.91. The second kappa shape index (κ2) is 5.89. The van der Waals surface area contributed by atoms with Gasteiger partial charge < -0.3 is 15.8 Å². The van der Waals surface area contributed by atoms with Crippen molar-refractivity contribution < 1.29 is 14.3 Å². The molecule has 1 rings (SSSR count). The minimum atomic E-state index is -0.543. The molecule has 0 heterocycles. The number of benzene rings is 1. The van der Waals surface area contributed by atoms with Gasteiger partial charge in [0.25, 0.3) is 0 Å². The van der Waals surface area contributed by atoms with Gasteiger partial charge in [-0.1, -0.05) is 6.92 Å². The van der Waals surface area contributed by atoms with Gasteiger partial charge in [0.1, 0.15) is 5.75 Å². The van der Waals surface area contributed by atoms with Crippen LogP contribution in [0.2, 0.25) is 0 Å². The highest BCUT2D eigenvalue weighted by Gasteiger charge is 2.10. The fraction of sp³-hybridized carbons (Fsp3) is 0.333. The molecular formula is C12H16N2O3. The number of carbonyl (C=O) groups excluding carboxylic acids is 2. The van der Waals surface area contributed by atoms with Gasteiger partial charge in [-0.05, 0) is 24.6 Å². The fourth-order valence-corrected chi connectivity index (χ4v) is 1.40. The Balaban J connectivity index is 2.97. The standard InChI is InChI=1S/C12H16N2O3/c1-3-4-11(15)14-9-7-8(12(13)16)5-6-10(9)17-2/h5-7H,3-4H2,1-2H3,(H2,13,16)(H,14,15). The number of anilines is 1. The molecule has 5 nitrogen and oxygen atoms in total. The minimum absolute atomic E-state index is 0.118. The maximum absolute atomic E-state index is 11.5. The Morgan fingerprint density at radius 1 is 1.41 bits per heavy atom. The molecule has 0 saturated carbocycles. The molecule has 17 heavy (non-hydrogen) atoms. The number of amides is 2. The van der Waals surface area contributed by atoms with Gasteiger partial charge in [-0.3, -0.25) is 9.59 Å². The summed E-state index contributed by atoms with van der Waals surface area (Å²) < 4.78 is 5.09. The molecule has 5 heteroatoms. The van der Waals surface area contributed by atoms with Crippen LogP contribution in [0.5, 0.6) is 5.75 Å². The lowest BCUT2D eigenvalue weighted by Gasteiger charge is -2.10. The van der Waals surface area contributed by atoms with Gasteiger partial charge in [0, 0.05) is 12.0 Å². The minimum Gasteiger partial charge on any atom is -0.495 e. The van der Waals surface area contributed by atoms with Crippen LogP contribution in [0.1, 0.15) is 30.1 Å². The highest BCUT2D eigenvalue weighted by atomic mass is 16.5. The first-order chi connectivity index (χ1) is 8.08. The lowest BCUT2D eigenvalue weighted by molar-refractivity contribution is -0.116. The maximum Gasteiger partial charge on any atom is 0.248 e. The first-order valence-corrected chi connectivity index (χ1v) is 5.36. The smallest absolute Gasteiger partial charge is 0.248 e. The van der Waals surface area contributed by atoms with Crippen LogP contribution in [0.15, 0.2) is 18.2 Å². The molecule has 0 spiro atoms. The van der Waals surface area contributed by atoms with E-state index in [1.807, 2.05) is 6.92 Å². The summed E-state index contributed by atoms with van der Waals surface area (Å²) >= 11 is 0. The molecule has 1 aromatic rings. The average molecular weight is 236 g/mol. The molecule has 1 aromatic carbocycles. The van der Waals surface area contributed by atoms with Crippen molar-refractivity contribution in [2.24, 2.45) is 5.73 Å². The van der Waals surface area contributed by atoms with Crippen LogP contribution in [0.4, 0.5) is 5.69 Å². The third-order valence-electron chi connectivity index (χ3n) is 2.24. The molecule has 0 radical (unpaired) electrons. The van der Waals surface area contributed by atoms with Crippen LogP contribution in [-0.4, -0.2) is 18.9 Å². The molecule has 0 saturated heterocycles. The van der Waals surface area contributed by atoms with E-state index in [-0.39, 0.29) is 5.91 Å². The Labute approximate surface area is 99.9 Å². The van der Waals surface area contributed by atoms with Crippen molar-refractivity contribution >= 4 is 17.5 Å². The van der Waals surface area contributed by atoms with Gasteiger partial charge in [-0.25, -0.2) is 0 Å². The van der Waals surface area contributed by atoms with E-state index in [4.69, 9.17) is 10.5 Å². The van der Waals surface area contributed by atoms with Crippen molar-refractivity contribution in [3.63, 3.8) is 0 Å². The van der Waals surface area contributed by atoms with Gasteiger partial charge in [0.15, 0.2) is 0 Å². The van der Waals surface area contributed by atoms with Crippen LogP contribution in [0.25, 0.3) is 0 Å². The van der Waals surface area contributed by atoms with Gasteiger partial charge in [0.05, 0.1) is 12.8 Å². The SMILES string of the molecule is CCCC(=O)Nc1cc(C(N)=O)ccc1OC. The van der Waals surface area contributed by atoms with Crippen molar-refractivity contribution in [3.8, 4) is 5.75 Å². The molecule has 0 fully saturated rings. The van der Waals surface area contributed by atoms with E-state index >= 15 is 0 Å². The summed E-state index contributed by atoms with van der Waals surface area (Å²) in [5.74, 6) is -0.162. The zero-order valence-electron chi connectivity index (χ0n) is 9.95. The van der Waals surface area contributed by atoms with Crippen LogP contribution in [0, 0.1) is 0 Å². The predicted octanol–water partition coefficient (Wildman–Crippen LogP) is 1.53. The number of methoxy groups -OCH3 is 1. The second-order valence-corrected chi connectivity index (χ2v) is 3.58. The highest BCUT2D eigenvalue weighted by Crippen LogP contribution is 2.25. The topological polar surface area (TPSA) is 81.4 Å². The maximum atomic E-state index is 11.5. The first-order valence-electron chi connectivity index (χ1n) is 5.36. The van der Waals surface area contributed by atoms with E-state index < -0.39 is 5.91 Å². The Kier molecular flexibility index (Phi) is 4.51. The lowest BCUT2D eigenvalue weighted by Crippen LogP contribution is -2.14. The molecule has 0 bridgehead atoms. The fourth-order valence-electron chi connectivity index (χ4n) is 1.40. The van der Waals surface area contributed by atoms with Crippen LogP contribution >= 0.6 is 0 Å². The third-order valence-corrected chi connectivity index (χ3v) is 2.24. The number of rotatable bonds is 5. The Morgan fingerprint density at radius 2 is 2.12 bits per heavy atom. The molecule has 0 aliphatic heterocycles. The number of ether oxygens (including phenoxy) is 1. The van der Waals surface area contributed by atoms with Crippen molar-refractivity contribution in [2.45, 2.75) is 19.8 Å². The lowest BCUT2D eigenvalue weighted by atomic mass is 10.1. The van der Waals surface area contributed by atoms with Crippen LogP contribution in [-0.2, 0) is 4.79 Å². The number of carbonyl (C=O) groups is 2. The Hall–Kier alpha value is -2.04. The van der Waals surface area contributed by atoms with Crippen molar-refractivity contribution in [1.82, 2.24) is 0 Å². The molecular weight excluding hydrogens is 220 g/mol. The average Bonchev–Trinajstić information content (AvgIpc) is 2.29. The number of primary amides is 1. The molecule has 3 N–H and O–H groups in total. The van der Waals surface area contributed by atoms with E-state index in [9.17, 15) is 9.59 Å². The normalized spacial score (nSPS) is 9.76. The van der Waals surface area contributed by atoms with Crippen molar-refractivity contribution in [1.29, 1.82) is 0 Å². The zero-order chi connectivity index (χ0) is 12.8. The molecule has 92 valence electrons. The highest BCUT2D eigenvalue weighted by molar-refractivity contribution is 5.97. The van der Waals surface area contributed by atoms with E-state index in [0.29, 0.717) is 23.4 Å². The summed E-state index contributed by atoms with van der Waals surface area (Å²) in [5.41, 5.74) is 5.96. The third kappa shape index (κ3) is 3.48. The van der Waals surface area contributed by atoms with Crippen LogP contribution in [0.3, 0.4) is 0 Å². The molecule has 0 atom stereocenters. The number of hydrogen-bond donors (Lipinski definition) is 2. The van der Waals surface area contributed by atoms with Crippen molar-refractivity contribution in [3.05, 3.63) is 23.8 Å². The summed E-state index contributed by atoms with van der Waals surface area (Å²) in [6.07, 6.45) is 1.17. The molecule has 0 aromatic heterocycles. The summed E-state index contributed by atoms with van der Waals surface area (Å²) in [7, 11) is 1.49. The largest absolute Gasteiger partial charge is 0.495 e.